The summed E-state index contributed by atoms with van der Waals surface area (Å²) >= 11 is 0. The molecule has 2 unspecified atom stereocenters. The lowest BCUT2D eigenvalue weighted by molar-refractivity contribution is 0.423. The molecular weight excluding hydrogens is 478 g/mol. The lowest BCUT2D eigenvalue weighted by Gasteiger charge is -2.34. The van der Waals surface area contributed by atoms with Gasteiger partial charge in [0.05, 0.1) is 17.5 Å². The van der Waals surface area contributed by atoms with Gasteiger partial charge >= 0.3 is 5.69 Å². The Kier molecular flexibility index (Phi) is 5.26. The van der Waals surface area contributed by atoms with Crippen LogP contribution in [-0.2, 0) is 5.54 Å². The SMILES string of the molecule is O=c1ncnc(N2C(c3cnccn3)=NC(c3cccnn3)(c3ccn[nH]c3=O)C2c2ncccn2)[nH]1. The highest BCUT2D eigenvalue weighted by atomic mass is 16.1. The third kappa shape index (κ3) is 3.61. The van der Waals surface area contributed by atoms with E-state index in [1.165, 1.54) is 37.1 Å². The van der Waals surface area contributed by atoms with Crippen molar-refractivity contribution in [1.29, 1.82) is 0 Å². The van der Waals surface area contributed by atoms with Crippen molar-refractivity contribution < 1.29 is 0 Å². The summed E-state index contributed by atoms with van der Waals surface area (Å²) in [5.74, 6) is 0.548. The van der Waals surface area contributed by atoms with Crippen molar-refractivity contribution >= 4 is 11.8 Å². The minimum Gasteiger partial charge on any atom is -0.281 e. The fourth-order valence-electron chi connectivity index (χ4n) is 4.27. The van der Waals surface area contributed by atoms with E-state index in [1.54, 1.807) is 35.5 Å². The van der Waals surface area contributed by atoms with Crippen LogP contribution in [0.15, 0.2) is 88.6 Å². The van der Waals surface area contributed by atoms with Crippen LogP contribution in [0, 0.1) is 0 Å². The van der Waals surface area contributed by atoms with Crippen LogP contribution in [0.2, 0.25) is 0 Å². The third-order valence-corrected chi connectivity index (χ3v) is 5.69. The summed E-state index contributed by atoms with van der Waals surface area (Å²) < 4.78 is 0. The van der Waals surface area contributed by atoms with Gasteiger partial charge in [-0.2, -0.15) is 20.3 Å². The molecule has 0 aliphatic carbocycles. The molecule has 6 rings (SSSR count). The Bertz CT molecular complexity index is 1690. The fraction of sp³-hybridized carbons (Fsp3) is 0.0909. The van der Waals surface area contributed by atoms with E-state index in [4.69, 9.17) is 4.99 Å². The predicted octanol–water partition coefficient (Wildman–Crippen LogP) is -0.430. The number of nitrogens with one attached hydrogen (secondary N) is 2. The van der Waals surface area contributed by atoms with Gasteiger partial charge in [0.2, 0.25) is 5.95 Å². The molecule has 5 aromatic rings. The van der Waals surface area contributed by atoms with Crippen molar-refractivity contribution in [2.75, 3.05) is 4.90 Å². The van der Waals surface area contributed by atoms with E-state index in [9.17, 15) is 9.59 Å². The topological polar surface area (TPSA) is 197 Å². The molecule has 1 aliphatic heterocycles. The quantitative estimate of drug-likeness (QED) is 0.321. The van der Waals surface area contributed by atoms with Gasteiger partial charge in [-0.3, -0.25) is 19.7 Å². The molecule has 2 atom stereocenters. The maximum atomic E-state index is 13.3. The Hall–Kier alpha value is -5.60. The summed E-state index contributed by atoms with van der Waals surface area (Å²) in [6.07, 6.45) is 11.7. The van der Waals surface area contributed by atoms with Crippen LogP contribution in [0.1, 0.15) is 28.8 Å². The second-order valence-electron chi connectivity index (χ2n) is 7.71. The zero-order valence-electron chi connectivity index (χ0n) is 18.7. The number of hydrogen-bond donors (Lipinski definition) is 2. The number of amidine groups is 1. The Balaban J connectivity index is 1.77. The van der Waals surface area contributed by atoms with E-state index < -0.39 is 22.8 Å². The van der Waals surface area contributed by atoms with Gasteiger partial charge < -0.3 is 0 Å². The summed E-state index contributed by atoms with van der Waals surface area (Å²) in [5, 5.41) is 14.7. The average Bonchev–Trinajstić information content (AvgIpc) is 3.32. The van der Waals surface area contributed by atoms with Crippen LogP contribution in [0.4, 0.5) is 5.95 Å². The number of nitrogens with zero attached hydrogens (tertiary/aromatic N) is 11. The fourth-order valence-corrected chi connectivity index (χ4v) is 4.27. The lowest BCUT2D eigenvalue weighted by Crippen LogP contribution is -2.44. The van der Waals surface area contributed by atoms with Crippen molar-refractivity contribution in [1.82, 2.24) is 55.3 Å². The maximum absolute atomic E-state index is 13.3. The minimum atomic E-state index is -1.58. The van der Waals surface area contributed by atoms with Crippen molar-refractivity contribution in [2.24, 2.45) is 4.99 Å². The average molecular weight is 493 g/mol. The molecule has 0 fully saturated rings. The van der Waals surface area contributed by atoms with Gasteiger partial charge in [-0.05, 0) is 24.3 Å². The molecule has 5 aromatic heterocycles. The van der Waals surface area contributed by atoms with Crippen LogP contribution in [0.25, 0.3) is 0 Å². The monoisotopic (exact) mass is 493 g/mol. The number of anilines is 1. The molecule has 180 valence electrons. The molecule has 15 heteroatoms. The van der Waals surface area contributed by atoms with Crippen molar-refractivity contribution in [2.45, 2.75) is 11.6 Å². The van der Waals surface area contributed by atoms with Gasteiger partial charge in [-0.1, -0.05) is 0 Å². The molecule has 1 aliphatic rings. The molecule has 0 spiro atoms. The first kappa shape index (κ1) is 21.9. The molecule has 0 aromatic carbocycles. The zero-order chi connectivity index (χ0) is 25.2. The molecule has 0 saturated heterocycles. The highest BCUT2D eigenvalue weighted by Gasteiger charge is 2.57. The van der Waals surface area contributed by atoms with E-state index in [0.717, 1.165) is 6.33 Å². The molecule has 6 heterocycles. The summed E-state index contributed by atoms with van der Waals surface area (Å²) in [6.45, 7) is 0. The van der Waals surface area contributed by atoms with E-state index in [0.29, 0.717) is 11.4 Å². The molecule has 0 bridgehead atoms. The summed E-state index contributed by atoms with van der Waals surface area (Å²) in [6, 6.07) is 5.56. The van der Waals surface area contributed by atoms with Gasteiger partial charge in [0.15, 0.2) is 17.2 Å². The molecule has 15 nitrogen and oxygen atoms in total. The Labute approximate surface area is 206 Å². The highest BCUT2D eigenvalue weighted by molar-refractivity contribution is 6.10. The second kappa shape index (κ2) is 8.88. The zero-order valence-corrected chi connectivity index (χ0v) is 18.7. The molecule has 0 amide bonds. The first-order chi connectivity index (χ1) is 18.2. The Morgan fingerprint density at radius 2 is 1.78 bits per heavy atom. The van der Waals surface area contributed by atoms with E-state index >= 15 is 0 Å². The third-order valence-electron chi connectivity index (χ3n) is 5.69. The van der Waals surface area contributed by atoms with Crippen LogP contribution in [0.3, 0.4) is 0 Å². The van der Waals surface area contributed by atoms with Crippen molar-refractivity contribution in [3.8, 4) is 0 Å². The predicted molar refractivity (Wildman–Crippen MR) is 126 cm³/mol. The number of hydrogen-bond acceptors (Lipinski definition) is 13. The lowest BCUT2D eigenvalue weighted by atomic mass is 9.80. The van der Waals surface area contributed by atoms with Crippen molar-refractivity contribution in [3.05, 3.63) is 118 Å². The summed E-state index contributed by atoms with van der Waals surface area (Å²) in [4.78, 5) is 60.3. The minimum absolute atomic E-state index is 0.0677. The smallest absolute Gasteiger partial charge is 0.281 e. The van der Waals surface area contributed by atoms with Gasteiger partial charge in [0.25, 0.3) is 5.56 Å². The normalized spacial score (nSPS) is 19.0. The molecule has 0 saturated carbocycles. The Morgan fingerprint density at radius 1 is 0.892 bits per heavy atom. The number of aromatic nitrogens is 11. The largest absolute Gasteiger partial charge is 0.349 e. The van der Waals surface area contributed by atoms with E-state index in [1.807, 2.05) is 0 Å². The number of H-pyrrole nitrogens is 2. The summed E-state index contributed by atoms with van der Waals surface area (Å²) in [5.41, 5.74) is -1.92. The van der Waals surface area contributed by atoms with Crippen LogP contribution in [0.5, 0.6) is 0 Å². The number of rotatable bonds is 5. The molecule has 37 heavy (non-hydrogen) atoms. The number of aromatic amines is 2. The summed E-state index contributed by atoms with van der Waals surface area (Å²) in [7, 11) is 0. The standard InChI is InChI=1S/C22H15N13O2/c36-19-13(4-8-30-34-19)22(15-3-1-7-29-33-15)16(17-25-5-2-6-26-17)35(20-27-12-28-21(37)31-20)18(32-22)14-11-23-9-10-24-14/h1-12,16H,(H,34,36)(H,27,28,31,37). The number of aliphatic imine (C=N–C) groups is 1. The van der Waals surface area contributed by atoms with Gasteiger partial charge in [-0.15, -0.1) is 0 Å². The second-order valence-corrected chi connectivity index (χ2v) is 7.71. The van der Waals surface area contributed by atoms with Gasteiger partial charge in [0, 0.05) is 37.2 Å². The van der Waals surface area contributed by atoms with Gasteiger partial charge in [0.1, 0.15) is 18.1 Å². The molecular formula is C22H15N13O2. The van der Waals surface area contributed by atoms with E-state index in [-0.39, 0.29) is 23.2 Å². The first-order valence-corrected chi connectivity index (χ1v) is 10.8. The molecule has 2 N–H and O–H groups in total. The Morgan fingerprint density at radius 3 is 2.51 bits per heavy atom. The van der Waals surface area contributed by atoms with Crippen LogP contribution in [-0.4, -0.2) is 61.1 Å². The van der Waals surface area contributed by atoms with Crippen LogP contribution >= 0.6 is 0 Å². The van der Waals surface area contributed by atoms with Crippen molar-refractivity contribution in [3.63, 3.8) is 0 Å². The van der Waals surface area contributed by atoms with Gasteiger partial charge in [-0.25, -0.2) is 34.8 Å². The van der Waals surface area contributed by atoms with Crippen LogP contribution < -0.4 is 16.1 Å². The van der Waals surface area contributed by atoms with E-state index in [2.05, 4.69) is 55.3 Å². The molecule has 0 radical (unpaired) electrons. The maximum Gasteiger partial charge on any atom is 0.349 e. The highest BCUT2D eigenvalue weighted by Crippen LogP contribution is 2.50. The first-order valence-electron chi connectivity index (χ1n) is 10.8.